The van der Waals surface area contributed by atoms with E-state index in [1.165, 1.54) is 0 Å². The number of aromatic nitrogens is 1. The fourth-order valence-electron chi connectivity index (χ4n) is 3.15. The zero-order chi connectivity index (χ0) is 18.1. The largest absolute Gasteiger partial charge is 0.466 e. The van der Waals surface area contributed by atoms with Crippen LogP contribution in [0.15, 0.2) is 48.5 Å². The number of hydrogen-bond acceptors (Lipinski definition) is 5. The van der Waals surface area contributed by atoms with Crippen molar-refractivity contribution < 1.29 is 14.3 Å². The van der Waals surface area contributed by atoms with E-state index in [0.717, 1.165) is 26.5 Å². The minimum atomic E-state index is -0.383. The summed E-state index contributed by atoms with van der Waals surface area (Å²) in [5.74, 6) is -0.725. The van der Waals surface area contributed by atoms with Gasteiger partial charge in [0.15, 0.2) is 0 Å². The molecule has 5 nitrogen and oxygen atoms in total. The first-order valence-corrected chi connectivity index (χ1v) is 9.40. The van der Waals surface area contributed by atoms with Crippen molar-refractivity contribution in [3.05, 3.63) is 48.5 Å². The van der Waals surface area contributed by atoms with Gasteiger partial charge in [-0.15, -0.1) is 11.3 Å². The molecule has 0 radical (unpaired) electrons. The van der Waals surface area contributed by atoms with E-state index in [1.54, 1.807) is 23.2 Å². The second-order valence-corrected chi connectivity index (χ2v) is 7.22. The lowest BCUT2D eigenvalue weighted by molar-refractivity contribution is -0.147. The molecule has 6 heteroatoms. The molecule has 2 heterocycles. The van der Waals surface area contributed by atoms with Crippen molar-refractivity contribution in [3.63, 3.8) is 0 Å². The number of hydrogen-bond donors (Lipinski definition) is 0. The van der Waals surface area contributed by atoms with Crippen molar-refractivity contribution in [2.45, 2.75) is 13.3 Å². The quantitative estimate of drug-likeness (QED) is 0.658. The van der Waals surface area contributed by atoms with Gasteiger partial charge in [0, 0.05) is 24.2 Å². The van der Waals surface area contributed by atoms with Gasteiger partial charge in [-0.3, -0.25) is 9.59 Å². The van der Waals surface area contributed by atoms with Gasteiger partial charge in [-0.25, -0.2) is 4.98 Å². The van der Waals surface area contributed by atoms with Gasteiger partial charge in [0.1, 0.15) is 5.01 Å². The Kier molecular flexibility index (Phi) is 4.42. The highest BCUT2D eigenvalue weighted by atomic mass is 32.1. The molecular weight excluding hydrogens is 348 g/mol. The maximum atomic E-state index is 12.3. The third-order valence-corrected chi connectivity index (χ3v) is 5.55. The van der Waals surface area contributed by atoms with E-state index in [-0.39, 0.29) is 24.2 Å². The zero-order valence-corrected chi connectivity index (χ0v) is 15.2. The predicted octanol–water partition coefficient (Wildman–Crippen LogP) is 3.88. The summed E-state index contributed by atoms with van der Waals surface area (Å²) in [4.78, 5) is 30.5. The molecule has 0 bridgehead atoms. The molecule has 2 aromatic carbocycles. The van der Waals surface area contributed by atoms with Gasteiger partial charge >= 0.3 is 5.97 Å². The second kappa shape index (κ2) is 6.88. The van der Waals surface area contributed by atoms with Crippen molar-refractivity contribution in [1.29, 1.82) is 0 Å². The molecule has 3 aromatic rings. The fourth-order valence-corrected chi connectivity index (χ4v) is 4.13. The molecule has 1 fully saturated rings. The number of amides is 1. The minimum Gasteiger partial charge on any atom is -0.466 e. The van der Waals surface area contributed by atoms with Crippen LogP contribution >= 0.6 is 11.3 Å². The molecule has 4 rings (SSSR count). The first-order chi connectivity index (χ1) is 12.7. The Morgan fingerprint density at radius 3 is 2.73 bits per heavy atom. The van der Waals surface area contributed by atoms with E-state index >= 15 is 0 Å². The molecule has 1 saturated heterocycles. The van der Waals surface area contributed by atoms with Gasteiger partial charge in [0.25, 0.3) is 0 Å². The number of para-hydroxylation sites is 1. The van der Waals surface area contributed by atoms with E-state index in [9.17, 15) is 9.59 Å². The molecule has 1 atom stereocenters. The van der Waals surface area contributed by atoms with Crippen molar-refractivity contribution in [2.24, 2.45) is 5.92 Å². The number of anilines is 1. The first-order valence-electron chi connectivity index (χ1n) is 8.58. The van der Waals surface area contributed by atoms with E-state index in [2.05, 4.69) is 11.1 Å². The summed E-state index contributed by atoms with van der Waals surface area (Å²) in [6, 6.07) is 15.8. The number of esters is 1. The van der Waals surface area contributed by atoms with Crippen molar-refractivity contribution >= 4 is 39.1 Å². The molecule has 26 heavy (non-hydrogen) atoms. The first kappa shape index (κ1) is 16.7. The van der Waals surface area contributed by atoms with Crippen LogP contribution in [-0.2, 0) is 14.3 Å². The zero-order valence-electron chi connectivity index (χ0n) is 14.3. The van der Waals surface area contributed by atoms with Gasteiger partial charge in [0.2, 0.25) is 5.91 Å². The fraction of sp³-hybridized carbons (Fsp3) is 0.250. The van der Waals surface area contributed by atoms with Gasteiger partial charge < -0.3 is 9.64 Å². The molecular formula is C20H18N2O3S. The normalized spacial score (nSPS) is 17.0. The summed E-state index contributed by atoms with van der Waals surface area (Å²) in [5, 5.41) is 0.954. The summed E-state index contributed by atoms with van der Waals surface area (Å²) in [5.41, 5.74) is 2.80. The number of benzene rings is 2. The van der Waals surface area contributed by atoms with Crippen LogP contribution in [0.3, 0.4) is 0 Å². The van der Waals surface area contributed by atoms with Crippen LogP contribution in [-0.4, -0.2) is 30.0 Å². The molecule has 0 aliphatic carbocycles. The van der Waals surface area contributed by atoms with E-state index < -0.39 is 0 Å². The molecule has 0 unspecified atom stereocenters. The lowest BCUT2D eigenvalue weighted by Gasteiger charge is -2.16. The van der Waals surface area contributed by atoms with Crippen molar-refractivity contribution in [1.82, 2.24) is 4.98 Å². The van der Waals surface area contributed by atoms with Gasteiger partial charge in [-0.05, 0) is 43.3 Å². The monoisotopic (exact) mass is 366 g/mol. The lowest BCUT2D eigenvalue weighted by atomic mass is 10.1. The Morgan fingerprint density at radius 2 is 2.00 bits per heavy atom. The summed E-state index contributed by atoms with van der Waals surface area (Å²) in [7, 11) is 0. The third kappa shape index (κ3) is 3.08. The van der Waals surface area contributed by atoms with Crippen LogP contribution in [0.1, 0.15) is 13.3 Å². The smallest absolute Gasteiger partial charge is 0.311 e. The third-order valence-electron chi connectivity index (χ3n) is 4.46. The van der Waals surface area contributed by atoms with E-state index in [0.29, 0.717) is 13.2 Å². The summed E-state index contributed by atoms with van der Waals surface area (Å²) in [6.07, 6.45) is 0.207. The van der Waals surface area contributed by atoms with Gasteiger partial charge in [-0.1, -0.05) is 12.1 Å². The molecule has 0 spiro atoms. The van der Waals surface area contributed by atoms with Crippen LogP contribution in [0.4, 0.5) is 5.69 Å². The second-order valence-electron chi connectivity index (χ2n) is 6.19. The van der Waals surface area contributed by atoms with E-state index in [1.807, 2.05) is 42.5 Å². The van der Waals surface area contributed by atoms with Crippen LogP contribution in [0.25, 0.3) is 20.8 Å². The molecule has 0 saturated carbocycles. The molecule has 1 amide bonds. The molecule has 1 aromatic heterocycles. The Labute approximate surface area is 155 Å². The standard InChI is InChI=1S/C20H18N2O3S/c1-2-25-20(24)14-11-18(23)22(12-14)15-9-7-13(8-10-15)19-21-16-5-3-4-6-17(16)26-19/h3-10,14H,2,11-12H2,1H3/t14-/m0/s1. The number of nitrogens with zero attached hydrogens (tertiary/aromatic N) is 2. The number of fused-ring (bicyclic) bond motifs is 1. The van der Waals surface area contributed by atoms with Crippen molar-refractivity contribution in [3.8, 4) is 10.6 Å². The topological polar surface area (TPSA) is 59.5 Å². The molecule has 0 N–H and O–H groups in total. The van der Waals surface area contributed by atoms with Crippen molar-refractivity contribution in [2.75, 3.05) is 18.1 Å². The Morgan fingerprint density at radius 1 is 1.23 bits per heavy atom. The Hall–Kier alpha value is -2.73. The van der Waals surface area contributed by atoms with E-state index in [4.69, 9.17) is 4.74 Å². The van der Waals surface area contributed by atoms with Gasteiger partial charge in [-0.2, -0.15) is 0 Å². The van der Waals surface area contributed by atoms with Crippen LogP contribution in [0.2, 0.25) is 0 Å². The number of ether oxygens (including phenoxy) is 1. The maximum Gasteiger partial charge on any atom is 0.311 e. The lowest BCUT2D eigenvalue weighted by Crippen LogP contribution is -2.26. The van der Waals surface area contributed by atoms with Crippen LogP contribution in [0.5, 0.6) is 0 Å². The average Bonchev–Trinajstić information content (AvgIpc) is 3.26. The summed E-state index contributed by atoms with van der Waals surface area (Å²) in [6.45, 7) is 2.48. The minimum absolute atomic E-state index is 0.0456. The number of carbonyl (C=O) groups excluding carboxylic acids is 2. The molecule has 1 aliphatic rings. The highest BCUT2D eigenvalue weighted by molar-refractivity contribution is 7.21. The Bertz CT molecular complexity index is 932. The number of rotatable bonds is 4. The summed E-state index contributed by atoms with van der Waals surface area (Å²) < 4.78 is 6.19. The molecule has 1 aliphatic heterocycles. The van der Waals surface area contributed by atoms with Crippen LogP contribution < -0.4 is 4.90 Å². The predicted molar refractivity (Wildman–Crippen MR) is 102 cm³/mol. The highest BCUT2D eigenvalue weighted by Gasteiger charge is 2.36. The molecule has 132 valence electrons. The highest BCUT2D eigenvalue weighted by Crippen LogP contribution is 2.32. The maximum absolute atomic E-state index is 12.3. The van der Waals surface area contributed by atoms with Gasteiger partial charge in [0.05, 0.1) is 22.7 Å². The average molecular weight is 366 g/mol. The Balaban J connectivity index is 1.54. The summed E-state index contributed by atoms with van der Waals surface area (Å²) >= 11 is 1.65. The number of carbonyl (C=O) groups is 2. The SMILES string of the molecule is CCOC(=O)[C@H]1CC(=O)N(c2ccc(-c3nc4ccccc4s3)cc2)C1. The number of thiazole rings is 1. The van der Waals surface area contributed by atoms with Crippen LogP contribution in [0, 0.1) is 5.92 Å².